The van der Waals surface area contributed by atoms with Crippen LogP contribution in [0.5, 0.6) is 0 Å². The first-order valence-electron chi connectivity index (χ1n) is 8.36. The second-order valence-electron chi connectivity index (χ2n) is 6.10. The molecule has 0 fully saturated rings. The van der Waals surface area contributed by atoms with E-state index in [0.717, 1.165) is 11.1 Å². The molecule has 0 unspecified atom stereocenters. The van der Waals surface area contributed by atoms with Crippen LogP contribution >= 0.6 is 11.6 Å². The van der Waals surface area contributed by atoms with Crippen LogP contribution < -0.4 is 11.2 Å². The van der Waals surface area contributed by atoms with E-state index in [1.54, 1.807) is 24.3 Å². The fourth-order valence-corrected chi connectivity index (χ4v) is 3.08. The number of fused-ring (bicyclic) bond motifs is 1. The smallest absolute Gasteiger partial charge is 0.272 e. The molecule has 0 saturated carbocycles. The summed E-state index contributed by atoms with van der Waals surface area (Å²) in [5.41, 5.74) is 1.30. The van der Waals surface area contributed by atoms with Gasteiger partial charge < -0.3 is 0 Å². The van der Waals surface area contributed by atoms with Crippen LogP contribution in [0, 0.1) is 0 Å². The lowest BCUT2D eigenvalue weighted by molar-refractivity contribution is 0.628. The number of nitrogens with zero attached hydrogens (tertiary/aromatic N) is 4. The molecule has 0 bridgehead atoms. The van der Waals surface area contributed by atoms with Crippen molar-refractivity contribution in [2.75, 3.05) is 0 Å². The molecule has 0 amide bonds. The van der Waals surface area contributed by atoms with Crippen molar-refractivity contribution in [2.45, 2.75) is 13.1 Å². The minimum Gasteiger partial charge on any atom is -0.272 e. The largest absolute Gasteiger partial charge is 0.333 e. The number of rotatable bonds is 4. The third-order valence-electron chi connectivity index (χ3n) is 4.28. The highest BCUT2D eigenvalue weighted by Crippen LogP contribution is 2.11. The molecule has 0 N–H and O–H groups in total. The third kappa shape index (κ3) is 3.39. The predicted molar refractivity (Wildman–Crippen MR) is 104 cm³/mol. The normalized spacial score (nSPS) is 11.0. The zero-order chi connectivity index (χ0) is 18.8. The Morgan fingerprint density at radius 2 is 1.41 bits per heavy atom. The van der Waals surface area contributed by atoms with Crippen molar-refractivity contribution in [3.8, 4) is 0 Å². The molecule has 2 aromatic carbocycles. The highest BCUT2D eigenvalue weighted by Gasteiger charge is 2.15. The van der Waals surface area contributed by atoms with E-state index in [-0.39, 0.29) is 17.7 Å². The molecule has 6 nitrogen and oxygen atoms in total. The van der Waals surface area contributed by atoms with Gasteiger partial charge in [0.2, 0.25) is 0 Å². The van der Waals surface area contributed by atoms with Gasteiger partial charge in [-0.15, -0.1) is 0 Å². The van der Waals surface area contributed by atoms with Crippen LogP contribution in [0.4, 0.5) is 0 Å². The summed E-state index contributed by atoms with van der Waals surface area (Å²) in [6, 6.07) is 16.6. The van der Waals surface area contributed by atoms with Gasteiger partial charge in [0.05, 0.1) is 13.1 Å². The van der Waals surface area contributed by atoms with Gasteiger partial charge in [-0.2, -0.15) is 0 Å². The van der Waals surface area contributed by atoms with Gasteiger partial charge in [0.1, 0.15) is 0 Å². The minimum absolute atomic E-state index is 0.135. The highest BCUT2D eigenvalue weighted by molar-refractivity contribution is 6.30. The first kappa shape index (κ1) is 17.2. The maximum atomic E-state index is 13.1. The fraction of sp³-hybridized carbons (Fsp3) is 0.100. The van der Waals surface area contributed by atoms with E-state index in [1.807, 2.05) is 30.3 Å². The molecule has 0 aliphatic rings. The Bertz CT molecular complexity index is 1210. The summed E-state index contributed by atoms with van der Waals surface area (Å²) >= 11 is 5.92. The molecule has 7 heteroatoms. The molecule has 0 aliphatic carbocycles. The summed E-state index contributed by atoms with van der Waals surface area (Å²) in [5, 5.41) is 0.594. The number of halogens is 1. The Balaban J connectivity index is 1.90. The van der Waals surface area contributed by atoms with Crippen LogP contribution in [-0.4, -0.2) is 19.1 Å². The van der Waals surface area contributed by atoms with Crippen molar-refractivity contribution in [1.82, 2.24) is 19.1 Å². The van der Waals surface area contributed by atoms with E-state index in [1.165, 1.54) is 21.5 Å². The van der Waals surface area contributed by atoms with Crippen LogP contribution in [0.3, 0.4) is 0 Å². The van der Waals surface area contributed by atoms with Crippen LogP contribution in [0.15, 0.2) is 76.6 Å². The van der Waals surface area contributed by atoms with E-state index in [0.29, 0.717) is 11.6 Å². The first-order valence-corrected chi connectivity index (χ1v) is 8.74. The van der Waals surface area contributed by atoms with Crippen molar-refractivity contribution in [3.05, 3.63) is 104 Å². The molecule has 0 spiro atoms. The van der Waals surface area contributed by atoms with Crippen molar-refractivity contribution < 1.29 is 0 Å². The van der Waals surface area contributed by atoms with Gasteiger partial charge in [-0.3, -0.25) is 13.9 Å². The van der Waals surface area contributed by atoms with Crippen LogP contribution in [0.25, 0.3) is 11.2 Å². The molecule has 2 aromatic heterocycles. The standard InChI is InChI=1S/C20H15ClN4O2/c21-16-8-6-15(7-9-16)13-25-19(26)17-18(23-11-10-22-17)24(20(25)27)12-14-4-2-1-3-5-14/h1-11H,12-13H2. The number of hydrogen-bond acceptors (Lipinski definition) is 4. The number of aromatic nitrogens is 4. The second-order valence-corrected chi connectivity index (χ2v) is 6.54. The Labute approximate surface area is 159 Å². The van der Waals surface area contributed by atoms with E-state index >= 15 is 0 Å². The topological polar surface area (TPSA) is 69.8 Å². The molecule has 0 atom stereocenters. The lowest BCUT2D eigenvalue weighted by Crippen LogP contribution is -2.41. The molecule has 0 radical (unpaired) electrons. The average molecular weight is 379 g/mol. The van der Waals surface area contributed by atoms with E-state index < -0.39 is 11.2 Å². The summed E-state index contributed by atoms with van der Waals surface area (Å²) in [6.07, 6.45) is 2.93. The summed E-state index contributed by atoms with van der Waals surface area (Å²) < 4.78 is 2.66. The van der Waals surface area contributed by atoms with Crippen molar-refractivity contribution in [3.63, 3.8) is 0 Å². The lowest BCUT2D eigenvalue weighted by Gasteiger charge is -2.13. The van der Waals surface area contributed by atoms with E-state index in [2.05, 4.69) is 9.97 Å². The van der Waals surface area contributed by atoms with Crippen LogP contribution in [0.1, 0.15) is 11.1 Å². The van der Waals surface area contributed by atoms with Crippen molar-refractivity contribution in [2.24, 2.45) is 0 Å². The van der Waals surface area contributed by atoms with Gasteiger partial charge in [-0.25, -0.2) is 14.8 Å². The molecular weight excluding hydrogens is 364 g/mol. The molecule has 2 heterocycles. The monoisotopic (exact) mass is 378 g/mol. The molecule has 0 aliphatic heterocycles. The predicted octanol–water partition coefficient (Wildman–Crippen LogP) is 2.70. The SMILES string of the molecule is O=c1c2nccnc2n(Cc2ccccc2)c(=O)n1Cc1ccc(Cl)cc1. The quantitative estimate of drug-likeness (QED) is 0.547. The molecule has 134 valence electrons. The van der Waals surface area contributed by atoms with Gasteiger partial charge in [-0.05, 0) is 23.3 Å². The summed E-state index contributed by atoms with van der Waals surface area (Å²) in [6.45, 7) is 0.436. The summed E-state index contributed by atoms with van der Waals surface area (Å²) in [4.78, 5) is 34.4. The van der Waals surface area contributed by atoms with Crippen LogP contribution in [-0.2, 0) is 13.1 Å². The molecule has 27 heavy (non-hydrogen) atoms. The van der Waals surface area contributed by atoms with E-state index in [9.17, 15) is 9.59 Å². The Hall–Kier alpha value is -3.25. The van der Waals surface area contributed by atoms with Gasteiger partial charge in [0, 0.05) is 17.4 Å². The Morgan fingerprint density at radius 3 is 2.15 bits per heavy atom. The third-order valence-corrected chi connectivity index (χ3v) is 4.53. The zero-order valence-corrected chi connectivity index (χ0v) is 15.0. The lowest BCUT2D eigenvalue weighted by atomic mass is 10.2. The fourth-order valence-electron chi connectivity index (χ4n) is 2.95. The van der Waals surface area contributed by atoms with Gasteiger partial charge >= 0.3 is 5.69 Å². The average Bonchev–Trinajstić information content (AvgIpc) is 2.71. The molecule has 4 rings (SSSR count). The number of hydrogen-bond donors (Lipinski definition) is 0. The van der Waals surface area contributed by atoms with Crippen molar-refractivity contribution >= 4 is 22.8 Å². The molecule has 4 aromatic rings. The maximum Gasteiger partial charge on any atom is 0.333 e. The number of benzene rings is 2. The van der Waals surface area contributed by atoms with Gasteiger partial charge in [0.25, 0.3) is 5.56 Å². The zero-order valence-electron chi connectivity index (χ0n) is 14.2. The molecule has 0 saturated heterocycles. The van der Waals surface area contributed by atoms with Crippen molar-refractivity contribution in [1.29, 1.82) is 0 Å². The molecular formula is C20H15ClN4O2. The van der Waals surface area contributed by atoms with Gasteiger partial charge in [-0.1, -0.05) is 54.1 Å². The second kappa shape index (κ2) is 7.17. The summed E-state index contributed by atoms with van der Waals surface area (Å²) in [7, 11) is 0. The Kier molecular flexibility index (Phi) is 4.56. The first-order chi connectivity index (χ1) is 13.1. The summed E-state index contributed by atoms with van der Waals surface area (Å²) in [5.74, 6) is 0. The highest BCUT2D eigenvalue weighted by atomic mass is 35.5. The maximum absolute atomic E-state index is 13.1. The minimum atomic E-state index is -0.456. The van der Waals surface area contributed by atoms with Crippen LogP contribution in [0.2, 0.25) is 5.02 Å². The van der Waals surface area contributed by atoms with E-state index in [4.69, 9.17) is 11.6 Å². The Morgan fingerprint density at radius 1 is 0.778 bits per heavy atom. The van der Waals surface area contributed by atoms with Gasteiger partial charge in [0.15, 0.2) is 11.2 Å².